The van der Waals surface area contributed by atoms with Crippen LogP contribution < -0.4 is 4.74 Å². The molecule has 0 amide bonds. The number of aliphatic hydroxyl groups is 1. The lowest BCUT2D eigenvalue weighted by Gasteiger charge is -2.43. The number of rotatable bonds is 7. The van der Waals surface area contributed by atoms with E-state index in [0.717, 1.165) is 27.9 Å². The molecule has 1 aromatic rings. The van der Waals surface area contributed by atoms with Gasteiger partial charge >= 0.3 is 23.9 Å². The molecule has 32 heavy (non-hydrogen) atoms. The molecule has 11 nitrogen and oxygen atoms in total. The summed E-state index contributed by atoms with van der Waals surface area (Å²) in [6.45, 7) is 2.79. The Hall–Kier alpha value is -2.89. The number of halogens is 1. The number of hydrogen-bond donors (Lipinski definition) is 1. The zero-order chi connectivity index (χ0) is 24.0. The van der Waals surface area contributed by atoms with Crippen LogP contribution in [0, 0.1) is 0 Å². The standard InChI is InChI=1S/C20H23ClO11/c1-9(23)28-15-16(29-10(2)24)18(30-11(3)25)20(32-17(15)19(26)27-4)31-14-6-5-13(21)7-12(14)8-22/h5-7,15-18,20,22H,8H2,1-4H3/t15-,16-,17-,18+,20+/m0/s1. The average Bonchev–Trinajstić information content (AvgIpc) is 2.71. The van der Waals surface area contributed by atoms with Crippen molar-refractivity contribution in [3.63, 3.8) is 0 Å². The Labute approximate surface area is 188 Å². The van der Waals surface area contributed by atoms with Gasteiger partial charge in [0.2, 0.25) is 12.4 Å². The molecule has 1 saturated heterocycles. The largest absolute Gasteiger partial charge is 0.467 e. The zero-order valence-corrected chi connectivity index (χ0v) is 18.5. The number of carbonyl (C=O) groups excluding carboxylic acids is 4. The second-order valence-electron chi connectivity index (χ2n) is 6.70. The van der Waals surface area contributed by atoms with E-state index >= 15 is 0 Å². The van der Waals surface area contributed by atoms with Crippen molar-refractivity contribution in [2.45, 2.75) is 58.1 Å². The minimum Gasteiger partial charge on any atom is -0.467 e. The Kier molecular flexibility index (Phi) is 8.81. The van der Waals surface area contributed by atoms with Crippen molar-refractivity contribution >= 4 is 35.5 Å². The van der Waals surface area contributed by atoms with Gasteiger partial charge in [-0.1, -0.05) is 11.6 Å². The molecular formula is C20H23ClO11. The lowest BCUT2D eigenvalue weighted by atomic mass is 9.97. The van der Waals surface area contributed by atoms with E-state index in [1.54, 1.807) is 0 Å². The molecule has 0 saturated carbocycles. The van der Waals surface area contributed by atoms with Crippen LogP contribution in [0.2, 0.25) is 5.02 Å². The molecule has 2 rings (SSSR count). The van der Waals surface area contributed by atoms with E-state index in [9.17, 15) is 24.3 Å². The number of benzene rings is 1. The first-order chi connectivity index (χ1) is 15.1. The molecule has 5 atom stereocenters. The fraction of sp³-hybridized carbons (Fsp3) is 0.500. The Morgan fingerprint density at radius 1 is 0.969 bits per heavy atom. The van der Waals surface area contributed by atoms with Crippen molar-refractivity contribution in [2.75, 3.05) is 7.11 Å². The van der Waals surface area contributed by atoms with E-state index in [0.29, 0.717) is 5.02 Å². The third-order valence-electron chi connectivity index (χ3n) is 4.27. The van der Waals surface area contributed by atoms with Crippen LogP contribution in [0.25, 0.3) is 0 Å². The molecular weight excluding hydrogens is 452 g/mol. The van der Waals surface area contributed by atoms with Crippen LogP contribution in [0.5, 0.6) is 5.75 Å². The quantitative estimate of drug-likeness (QED) is 0.444. The molecule has 0 spiro atoms. The van der Waals surface area contributed by atoms with E-state index in [2.05, 4.69) is 0 Å². The van der Waals surface area contributed by atoms with Crippen molar-refractivity contribution in [2.24, 2.45) is 0 Å². The maximum atomic E-state index is 12.4. The lowest BCUT2D eigenvalue weighted by Crippen LogP contribution is -2.64. The molecule has 0 bridgehead atoms. The summed E-state index contributed by atoms with van der Waals surface area (Å²) in [6.07, 6.45) is -7.55. The molecule has 0 aliphatic carbocycles. The normalized spacial score (nSPS) is 24.8. The Morgan fingerprint density at radius 2 is 1.53 bits per heavy atom. The van der Waals surface area contributed by atoms with Crippen LogP contribution in [0.4, 0.5) is 0 Å². The summed E-state index contributed by atoms with van der Waals surface area (Å²) in [5, 5.41) is 9.93. The predicted molar refractivity (Wildman–Crippen MR) is 105 cm³/mol. The molecule has 0 unspecified atom stereocenters. The Bertz CT molecular complexity index is 871. The third-order valence-corrected chi connectivity index (χ3v) is 4.51. The molecule has 1 aromatic carbocycles. The summed E-state index contributed by atoms with van der Waals surface area (Å²) in [4.78, 5) is 47.6. The molecule has 1 heterocycles. The fourth-order valence-electron chi connectivity index (χ4n) is 3.09. The summed E-state index contributed by atoms with van der Waals surface area (Å²) < 4.78 is 31.8. The molecule has 176 valence electrons. The van der Waals surface area contributed by atoms with Gasteiger partial charge < -0.3 is 33.5 Å². The Balaban J connectivity index is 2.54. The predicted octanol–water partition coefficient (Wildman–Crippen LogP) is 0.904. The fourth-order valence-corrected chi connectivity index (χ4v) is 3.28. The smallest absolute Gasteiger partial charge is 0.339 e. The van der Waals surface area contributed by atoms with Gasteiger partial charge in [0.15, 0.2) is 18.3 Å². The average molecular weight is 475 g/mol. The van der Waals surface area contributed by atoms with Gasteiger partial charge in [-0.3, -0.25) is 14.4 Å². The first kappa shape index (κ1) is 25.4. The third kappa shape index (κ3) is 6.31. The van der Waals surface area contributed by atoms with Gasteiger partial charge in [0, 0.05) is 31.4 Å². The summed E-state index contributed by atoms with van der Waals surface area (Å²) in [5.41, 5.74) is 0.267. The summed E-state index contributed by atoms with van der Waals surface area (Å²) in [5.74, 6) is -3.28. The minimum absolute atomic E-state index is 0.0928. The highest BCUT2D eigenvalue weighted by molar-refractivity contribution is 6.30. The number of aliphatic hydroxyl groups excluding tert-OH is 1. The van der Waals surface area contributed by atoms with Crippen LogP contribution >= 0.6 is 11.6 Å². The van der Waals surface area contributed by atoms with E-state index in [-0.39, 0.29) is 11.3 Å². The SMILES string of the molecule is COC(=O)[C@H]1O[C@@H](Oc2ccc(Cl)cc2CO)[C@H](OC(C)=O)[C@@H](OC(C)=O)[C@@H]1OC(C)=O. The van der Waals surface area contributed by atoms with Gasteiger partial charge in [-0.05, 0) is 18.2 Å². The highest BCUT2D eigenvalue weighted by atomic mass is 35.5. The van der Waals surface area contributed by atoms with Gasteiger partial charge in [-0.15, -0.1) is 0 Å². The van der Waals surface area contributed by atoms with Crippen LogP contribution in [-0.4, -0.2) is 66.8 Å². The van der Waals surface area contributed by atoms with Gasteiger partial charge in [0.25, 0.3) is 0 Å². The van der Waals surface area contributed by atoms with E-state index in [4.69, 9.17) is 40.0 Å². The first-order valence-electron chi connectivity index (χ1n) is 9.38. The van der Waals surface area contributed by atoms with Crippen LogP contribution in [-0.2, 0) is 49.5 Å². The maximum Gasteiger partial charge on any atom is 0.339 e. The molecule has 12 heteroatoms. The number of hydrogen-bond acceptors (Lipinski definition) is 11. The Morgan fingerprint density at radius 3 is 2.06 bits per heavy atom. The highest BCUT2D eigenvalue weighted by Crippen LogP contribution is 2.33. The second-order valence-corrected chi connectivity index (χ2v) is 7.13. The molecule has 1 aliphatic heterocycles. The number of ether oxygens (including phenoxy) is 6. The van der Waals surface area contributed by atoms with Crippen molar-refractivity contribution in [1.82, 2.24) is 0 Å². The number of esters is 4. The van der Waals surface area contributed by atoms with Gasteiger partial charge in [-0.25, -0.2) is 4.79 Å². The molecule has 0 radical (unpaired) electrons. The van der Waals surface area contributed by atoms with Gasteiger partial charge in [0.1, 0.15) is 5.75 Å². The van der Waals surface area contributed by atoms with E-state index < -0.39 is 61.2 Å². The van der Waals surface area contributed by atoms with Crippen molar-refractivity contribution in [3.8, 4) is 5.75 Å². The lowest BCUT2D eigenvalue weighted by molar-refractivity contribution is -0.282. The maximum absolute atomic E-state index is 12.4. The number of carbonyl (C=O) groups is 4. The van der Waals surface area contributed by atoms with Gasteiger partial charge in [-0.2, -0.15) is 0 Å². The molecule has 1 N–H and O–H groups in total. The molecule has 1 aliphatic rings. The topological polar surface area (TPSA) is 144 Å². The zero-order valence-electron chi connectivity index (χ0n) is 17.7. The summed E-state index contributed by atoms with van der Waals surface area (Å²) >= 11 is 5.93. The van der Waals surface area contributed by atoms with E-state index in [1.807, 2.05) is 0 Å². The minimum atomic E-state index is -1.59. The van der Waals surface area contributed by atoms with E-state index in [1.165, 1.54) is 18.2 Å². The van der Waals surface area contributed by atoms with Crippen molar-refractivity contribution < 1.29 is 52.7 Å². The van der Waals surface area contributed by atoms with Crippen LogP contribution in [0.3, 0.4) is 0 Å². The highest BCUT2D eigenvalue weighted by Gasteiger charge is 2.55. The summed E-state index contributed by atoms with van der Waals surface area (Å²) in [6, 6.07) is 4.33. The second kappa shape index (κ2) is 11.1. The van der Waals surface area contributed by atoms with Crippen LogP contribution in [0.15, 0.2) is 18.2 Å². The summed E-state index contributed by atoms with van der Waals surface area (Å²) in [7, 11) is 1.08. The van der Waals surface area contributed by atoms with Crippen molar-refractivity contribution in [3.05, 3.63) is 28.8 Å². The van der Waals surface area contributed by atoms with Crippen molar-refractivity contribution in [1.29, 1.82) is 0 Å². The van der Waals surface area contributed by atoms with Gasteiger partial charge in [0.05, 0.1) is 13.7 Å². The molecule has 0 aromatic heterocycles. The van der Waals surface area contributed by atoms with Crippen LogP contribution in [0.1, 0.15) is 26.3 Å². The first-order valence-corrected chi connectivity index (χ1v) is 9.76. The monoisotopic (exact) mass is 474 g/mol. The molecule has 1 fully saturated rings. The number of methoxy groups -OCH3 is 1.